The van der Waals surface area contributed by atoms with Crippen molar-refractivity contribution in [1.29, 1.82) is 0 Å². The maximum atomic E-state index is 12.7. The first-order valence-corrected chi connectivity index (χ1v) is 11.9. The Morgan fingerprint density at radius 2 is 1.94 bits per heavy atom. The maximum absolute atomic E-state index is 12.7. The van der Waals surface area contributed by atoms with Gasteiger partial charge in [0.2, 0.25) is 10.0 Å². The third-order valence-corrected chi connectivity index (χ3v) is 7.20. The number of fused-ring (bicyclic) bond motifs is 2. The Morgan fingerprint density at radius 3 is 2.77 bits per heavy atom. The minimum atomic E-state index is -3.65. The summed E-state index contributed by atoms with van der Waals surface area (Å²) in [5.41, 5.74) is 3.42. The second-order valence-electron chi connectivity index (χ2n) is 7.16. The Bertz CT molecular complexity index is 1280. The molecule has 7 nitrogen and oxygen atoms in total. The molecule has 0 spiro atoms. The van der Waals surface area contributed by atoms with Crippen molar-refractivity contribution in [1.82, 2.24) is 20.0 Å². The summed E-state index contributed by atoms with van der Waals surface area (Å²) < 4.78 is 29.1. The van der Waals surface area contributed by atoms with Crippen LogP contribution in [-0.4, -0.2) is 42.6 Å². The predicted octanol–water partition coefficient (Wildman–Crippen LogP) is 3.26. The highest BCUT2D eigenvalue weighted by Gasteiger charge is 2.18. The highest BCUT2D eigenvalue weighted by molar-refractivity contribution is 7.89. The molecule has 2 aromatic carbocycles. The van der Waals surface area contributed by atoms with Crippen LogP contribution in [0.2, 0.25) is 0 Å². The van der Waals surface area contributed by atoms with Crippen molar-refractivity contribution in [3.8, 4) is 0 Å². The molecule has 164 valence electrons. The largest absolute Gasteiger partial charge is 0.387 e. The Kier molecular flexibility index (Phi) is 7.58. The summed E-state index contributed by atoms with van der Waals surface area (Å²) in [5.74, 6) is 0. The molecule has 0 fully saturated rings. The summed E-state index contributed by atoms with van der Waals surface area (Å²) in [5, 5.41) is 15.2. The highest BCUT2D eigenvalue weighted by Crippen LogP contribution is 2.22. The van der Waals surface area contributed by atoms with Crippen LogP contribution in [0.4, 0.5) is 0 Å². The molecule has 2 atom stereocenters. The molecule has 4 rings (SSSR count). The summed E-state index contributed by atoms with van der Waals surface area (Å²) in [4.78, 5) is 8.52. The summed E-state index contributed by atoms with van der Waals surface area (Å²) in [7, 11) is -3.65. The van der Waals surface area contributed by atoms with E-state index in [1.165, 1.54) is 0 Å². The van der Waals surface area contributed by atoms with E-state index in [-0.39, 0.29) is 23.3 Å². The molecule has 0 amide bonds. The van der Waals surface area contributed by atoms with Gasteiger partial charge < -0.3 is 10.4 Å². The van der Waals surface area contributed by atoms with Crippen LogP contribution in [0.25, 0.3) is 21.0 Å². The average Bonchev–Trinajstić information content (AvgIpc) is 3.20. The molecule has 3 N–H and O–H groups in total. The SMILES string of the molecule is C[C@H](CNCC(O)c1ccc2scnc2c1)NS(=O)(=O)c1ccc2cnccc2c1.Cl. The second kappa shape index (κ2) is 9.99. The molecular formula is C21H23ClN4O3S2. The number of halogens is 1. The molecule has 0 aliphatic rings. The number of hydrogen-bond acceptors (Lipinski definition) is 7. The zero-order chi connectivity index (χ0) is 21.1. The van der Waals surface area contributed by atoms with E-state index >= 15 is 0 Å². The van der Waals surface area contributed by atoms with Crippen molar-refractivity contribution in [3.05, 3.63) is 65.9 Å². The van der Waals surface area contributed by atoms with Crippen molar-refractivity contribution >= 4 is 54.8 Å². The number of sulfonamides is 1. The first-order valence-electron chi connectivity index (χ1n) is 9.50. The molecule has 0 aliphatic carbocycles. The number of thiazole rings is 1. The van der Waals surface area contributed by atoms with Crippen molar-refractivity contribution in [2.24, 2.45) is 0 Å². The molecule has 0 saturated heterocycles. The van der Waals surface area contributed by atoms with Crippen LogP contribution in [-0.2, 0) is 10.0 Å². The van der Waals surface area contributed by atoms with E-state index in [1.807, 2.05) is 18.2 Å². The van der Waals surface area contributed by atoms with Crippen LogP contribution in [0.1, 0.15) is 18.6 Å². The number of pyridine rings is 1. The Hall–Kier alpha value is -2.14. The Morgan fingerprint density at radius 1 is 1.10 bits per heavy atom. The fourth-order valence-corrected chi connectivity index (χ4v) is 5.18. The van der Waals surface area contributed by atoms with Crippen molar-refractivity contribution in [2.75, 3.05) is 13.1 Å². The quantitative estimate of drug-likeness (QED) is 0.359. The van der Waals surface area contributed by atoms with Gasteiger partial charge in [0, 0.05) is 36.9 Å². The molecule has 10 heteroatoms. The molecule has 4 aromatic rings. The van der Waals surface area contributed by atoms with Crippen LogP contribution in [0, 0.1) is 0 Å². The summed E-state index contributed by atoms with van der Waals surface area (Å²) >= 11 is 1.56. The number of aliphatic hydroxyl groups is 1. The smallest absolute Gasteiger partial charge is 0.240 e. The first-order chi connectivity index (χ1) is 14.4. The van der Waals surface area contributed by atoms with Gasteiger partial charge in [-0.2, -0.15) is 0 Å². The van der Waals surface area contributed by atoms with Gasteiger partial charge in [0.25, 0.3) is 0 Å². The number of nitrogens with one attached hydrogen (secondary N) is 2. The first kappa shape index (κ1) is 23.5. The lowest BCUT2D eigenvalue weighted by Crippen LogP contribution is -2.40. The van der Waals surface area contributed by atoms with Gasteiger partial charge in [-0.1, -0.05) is 12.1 Å². The van der Waals surface area contributed by atoms with Gasteiger partial charge in [-0.25, -0.2) is 18.1 Å². The van der Waals surface area contributed by atoms with Crippen molar-refractivity contribution in [2.45, 2.75) is 24.0 Å². The molecule has 2 heterocycles. The molecule has 31 heavy (non-hydrogen) atoms. The second-order valence-corrected chi connectivity index (χ2v) is 9.76. The highest BCUT2D eigenvalue weighted by atomic mass is 35.5. The van der Waals surface area contributed by atoms with Crippen LogP contribution >= 0.6 is 23.7 Å². The van der Waals surface area contributed by atoms with Gasteiger partial charge in [-0.15, -0.1) is 23.7 Å². The standard InChI is InChI=1S/C21H22N4O3S2.ClH/c1-14(10-23-12-20(26)16-3-5-21-19(9-16)24-13-29-21)25-30(27,28)18-4-2-17-11-22-7-6-15(17)8-18;/h2-9,11,13-14,20,23,25-26H,10,12H2,1H3;1H/t14-,20?;/m1./s1. The minimum Gasteiger partial charge on any atom is -0.387 e. The summed E-state index contributed by atoms with van der Waals surface area (Å²) in [6.45, 7) is 2.47. The third-order valence-electron chi connectivity index (χ3n) is 4.81. The zero-order valence-electron chi connectivity index (χ0n) is 16.7. The van der Waals surface area contributed by atoms with Crippen LogP contribution in [0.5, 0.6) is 0 Å². The van der Waals surface area contributed by atoms with E-state index in [9.17, 15) is 13.5 Å². The minimum absolute atomic E-state index is 0. The molecule has 1 unspecified atom stereocenters. The maximum Gasteiger partial charge on any atom is 0.240 e. The average molecular weight is 479 g/mol. The fourth-order valence-electron chi connectivity index (χ4n) is 3.24. The number of aliphatic hydroxyl groups excluding tert-OH is 1. The lowest BCUT2D eigenvalue weighted by Gasteiger charge is -2.17. The van der Waals surface area contributed by atoms with Gasteiger partial charge in [0.05, 0.1) is 26.7 Å². The monoisotopic (exact) mass is 478 g/mol. The molecule has 0 aliphatic heterocycles. The summed E-state index contributed by atoms with van der Waals surface area (Å²) in [6, 6.07) is 12.1. The van der Waals surface area contributed by atoms with E-state index < -0.39 is 16.1 Å². The topological polar surface area (TPSA) is 104 Å². The lowest BCUT2D eigenvalue weighted by atomic mass is 10.1. The van der Waals surface area contributed by atoms with Gasteiger partial charge in [0.1, 0.15) is 0 Å². The van der Waals surface area contributed by atoms with Crippen LogP contribution in [0.15, 0.2) is 65.3 Å². The number of benzene rings is 2. The molecule has 0 bridgehead atoms. The van der Waals surface area contributed by atoms with Crippen LogP contribution in [0.3, 0.4) is 0 Å². The Balaban J connectivity index is 0.00000272. The predicted molar refractivity (Wildman–Crippen MR) is 126 cm³/mol. The van der Waals surface area contributed by atoms with Crippen LogP contribution < -0.4 is 10.0 Å². The van der Waals surface area contributed by atoms with Gasteiger partial charge in [-0.3, -0.25) is 4.98 Å². The van der Waals surface area contributed by atoms with E-state index in [1.54, 1.807) is 60.4 Å². The van der Waals surface area contributed by atoms with E-state index in [0.717, 1.165) is 26.6 Å². The molecule has 0 radical (unpaired) electrons. The third kappa shape index (κ3) is 5.57. The molecule has 2 aromatic heterocycles. The molecule has 0 saturated carbocycles. The van der Waals surface area contributed by atoms with Gasteiger partial charge in [-0.05, 0) is 48.2 Å². The van der Waals surface area contributed by atoms with Gasteiger partial charge in [0.15, 0.2) is 0 Å². The van der Waals surface area contributed by atoms with Gasteiger partial charge >= 0.3 is 0 Å². The van der Waals surface area contributed by atoms with E-state index in [2.05, 4.69) is 20.0 Å². The fraction of sp³-hybridized carbons (Fsp3) is 0.238. The lowest BCUT2D eigenvalue weighted by molar-refractivity contribution is 0.174. The number of hydrogen-bond donors (Lipinski definition) is 3. The van der Waals surface area contributed by atoms with Crippen molar-refractivity contribution in [3.63, 3.8) is 0 Å². The van der Waals surface area contributed by atoms with E-state index in [4.69, 9.17) is 0 Å². The van der Waals surface area contributed by atoms with E-state index in [0.29, 0.717) is 13.1 Å². The number of aromatic nitrogens is 2. The number of nitrogens with zero attached hydrogens (tertiary/aromatic N) is 2. The summed E-state index contributed by atoms with van der Waals surface area (Å²) in [6.07, 6.45) is 2.63. The normalized spacial score (nSPS) is 13.7. The molecular weight excluding hydrogens is 456 g/mol. The zero-order valence-corrected chi connectivity index (χ0v) is 19.2. The number of rotatable bonds is 8. The van der Waals surface area contributed by atoms with Crippen molar-refractivity contribution < 1.29 is 13.5 Å². The Labute approximate surface area is 191 Å².